The molecule has 0 amide bonds. The van der Waals surface area contributed by atoms with E-state index in [0.29, 0.717) is 17.9 Å². The fraction of sp³-hybridized carbons (Fsp3) is 0.250. The molecule has 0 atom stereocenters. The maximum Gasteiger partial charge on any atom is 0.269 e. The van der Waals surface area contributed by atoms with Crippen LogP contribution in [0, 0.1) is 20.2 Å². The van der Waals surface area contributed by atoms with Crippen molar-refractivity contribution < 1.29 is 24.5 Å². The number of nitro groups is 2. The number of nitro benzene ring substituents is 2. The number of ether oxygens (including phenoxy) is 1. The zero-order valence-corrected chi connectivity index (χ0v) is 17.4. The van der Waals surface area contributed by atoms with Crippen molar-refractivity contribution in [3.05, 3.63) is 81.1 Å². The van der Waals surface area contributed by atoms with Crippen LogP contribution in [0.25, 0.3) is 0 Å². The van der Waals surface area contributed by atoms with Crippen LogP contribution in [-0.2, 0) is 4.79 Å². The number of nitrogens with zero attached hydrogens (tertiary/aromatic N) is 2. The summed E-state index contributed by atoms with van der Waals surface area (Å²) in [5, 5.41) is 29.0. The molecular formula is C20H27N3O7. The number of phenols is 1. The number of nitrogens with two attached hydrogens (primary N) is 1. The highest BCUT2D eigenvalue weighted by molar-refractivity contribution is 5.74. The van der Waals surface area contributed by atoms with Gasteiger partial charge < -0.3 is 20.4 Å². The Kier molecular flexibility index (Phi) is 15.3. The van der Waals surface area contributed by atoms with Gasteiger partial charge in [-0.15, -0.1) is 0 Å². The standard InChI is InChI=1S/C9H9NO3.C6H5NO3.C4H8O.CH5N/c1-7(2)13-9-5-3-8(4-6-9)10(11)12;8-6-3-1-5(2-4-6)7(9)10;1-3-4(2)5;1-2/h3-6H,1H2,2H3;1-4,8H;3H2,1-2H3;2H2,1H3. The van der Waals surface area contributed by atoms with E-state index in [1.165, 1.54) is 55.6 Å². The molecule has 0 saturated carbocycles. The Bertz CT molecular complexity index is 804. The van der Waals surface area contributed by atoms with Crippen LogP contribution in [0.3, 0.4) is 0 Å². The summed E-state index contributed by atoms with van der Waals surface area (Å²) in [5.41, 5.74) is 4.53. The van der Waals surface area contributed by atoms with Crippen molar-refractivity contribution in [3.8, 4) is 11.5 Å². The van der Waals surface area contributed by atoms with E-state index < -0.39 is 9.85 Å². The second-order valence-corrected chi connectivity index (χ2v) is 5.38. The average Bonchev–Trinajstić information content (AvgIpc) is 2.70. The smallest absolute Gasteiger partial charge is 0.269 e. The molecule has 30 heavy (non-hydrogen) atoms. The summed E-state index contributed by atoms with van der Waals surface area (Å²) >= 11 is 0. The number of benzene rings is 2. The van der Waals surface area contributed by atoms with E-state index in [1.54, 1.807) is 13.8 Å². The lowest BCUT2D eigenvalue weighted by Crippen LogP contribution is -1.90. The van der Waals surface area contributed by atoms with Crippen molar-refractivity contribution in [1.82, 2.24) is 0 Å². The quantitative estimate of drug-likeness (QED) is 0.409. The van der Waals surface area contributed by atoms with Crippen LogP contribution in [-0.4, -0.2) is 27.8 Å². The first-order valence-electron chi connectivity index (χ1n) is 8.65. The lowest BCUT2D eigenvalue weighted by Gasteiger charge is -2.02. The molecule has 3 N–H and O–H groups in total. The van der Waals surface area contributed by atoms with Crippen molar-refractivity contribution in [2.45, 2.75) is 27.2 Å². The Hall–Kier alpha value is -3.79. The molecule has 0 heterocycles. The van der Waals surface area contributed by atoms with Gasteiger partial charge in [0.2, 0.25) is 0 Å². The van der Waals surface area contributed by atoms with E-state index in [4.69, 9.17) is 9.84 Å². The van der Waals surface area contributed by atoms with Crippen LogP contribution < -0.4 is 10.5 Å². The fourth-order valence-corrected chi connectivity index (χ4v) is 1.41. The first-order chi connectivity index (χ1) is 14.1. The predicted molar refractivity (Wildman–Crippen MR) is 114 cm³/mol. The third-order valence-corrected chi connectivity index (χ3v) is 2.90. The molecule has 10 nitrogen and oxygen atoms in total. The first-order valence-corrected chi connectivity index (χ1v) is 8.65. The van der Waals surface area contributed by atoms with Crippen molar-refractivity contribution >= 4 is 17.2 Å². The molecule has 10 heteroatoms. The number of hydrogen-bond acceptors (Lipinski definition) is 8. The number of ketones is 1. The Morgan fingerprint density at radius 3 is 1.57 bits per heavy atom. The summed E-state index contributed by atoms with van der Waals surface area (Å²) in [6.45, 7) is 8.69. The number of carbonyl (C=O) groups excluding carboxylic acids is 1. The fourth-order valence-electron chi connectivity index (χ4n) is 1.41. The van der Waals surface area contributed by atoms with Crippen molar-refractivity contribution in [3.63, 3.8) is 0 Å². The molecule has 2 aromatic rings. The molecule has 0 aliphatic heterocycles. The zero-order valence-electron chi connectivity index (χ0n) is 17.4. The Morgan fingerprint density at radius 1 is 0.967 bits per heavy atom. The highest BCUT2D eigenvalue weighted by Crippen LogP contribution is 2.18. The summed E-state index contributed by atoms with van der Waals surface area (Å²) in [4.78, 5) is 29.2. The van der Waals surface area contributed by atoms with E-state index >= 15 is 0 Å². The molecule has 0 fully saturated rings. The maximum absolute atomic E-state index is 10.3. The summed E-state index contributed by atoms with van der Waals surface area (Å²) in [5.74, 6) is 1.39. The van der Waals surface area contributed by atoms with E-state index in [1.807, 2.05) is 6.92 Å². The van der Waals surface area contributed by atoms with Gasteiger partial charge >= 0.3 is 0 Å². The van der Waals surface area contributed by atoms with Gasteiger partial charge in [-0.25, -0.2) is 0 Å². The molecule has 0 radical (unpaired) electrons. The van der Waals surface area contributed by atoms with Gasteiger partial charge in [-0.3, -0.25) is 20.2 Å². The lowest BCUT2D eigenvalue weighted by molar-refractivity contribution is -0.385. The van der Waals surface area contributed by atoms with Crippen LogP contribution in [0.5, 0.6) is 11.5 Å². The monoisotopic (exact) mass is 421 g/mol. The molecule has 2 rings (SSSR count). The maximum atomic E-state index is 10.3. The van der Waals surface area contributed by atoms with Gasteiger partial charge in [0.05, 0.1) is 15.6 Å². The second-order valence-electron chi connectivity index (χ2n) is 5.38. The SMILES string of the molecule is C=C(C)Oc1ccc([N+](=O)[O-])cc1.CCC(C)=O.CN.O=[N+]([O-])c1ccc(O)cc1. The summed E-state index contributed by atoms with van der Waals surface area (Å²) in [7, 11) is 1.50. The molecule has 164 valence electrons. The number of rotatable bonds is 5. The highest BCUT2D eigenvalue weighted by Gasteiger charge is 2.04. The van der Waals surface area contributed by atoms with Crippen molar-refractivity contribution in [1.29, 1.82) is 0 Å². The Labute approximate surface area is 174 Å². The minimum atomic E-state index is -0.514. The number of phenolic OH excluding ortho intramolecular Hbond substituents is 1. The van der Waals surface area contributed by atoms with E-state index in [2.05, 4.69) is 12.3 Å². The van der Waals surface area contributed by atoms with Gasteiger partial charge in [0.15, 0.2) is 0 Å². The molecular weight excluding hydrogens is 394 g/mol. The molecule has 0 bridgehead atoms. The van der Waals surface area contributed by atoms with Gasteiger partial charge in [0.25, 0.3) is 11.4 Å². The molecule has 0 aromatic heterocycles. The second kappa shape index (κ2) is 16.2. The minimum absolute atomic E-state index is 0.0159. The zero-order chi connectivity index (χ0) is 23.7. The highest BCUT2D eigenvalue weighted by atomic mass is 16.6. The molecule has 0 spiro atoms. The van der Waals surface area contributed by atoms with Crippen LogP contribution in [0.15, 0.2) is 60.9 Å². The van der Waals surface area contributed by atoms with Crippen molar-refractivity contribution in [2.24, 2.45) is 5.73 Å². The average molecular weight is 421 g/mol. The van der Waals surface area contributed by atoms with E-state index in [9.17, 15) is 25.0 Å². The number of allylic oxidation sites excluding steroid dienone is 1. The van der Waals surface area contributed by atoms with Gasteiger partial charge in [-0.05, 0) is 45.2 Å². The molecule has 0 unspecified atom stereocenters. The third-order valence-electron chi connectivity index (χ3n) is 2.90. The van der Waals surface area contributed by atoms with Gasteiger partial charge in [0, 0.05) is 30.7 Å². The van der Waals surface area contributed by atoms with Crippen LogP contribution in [0.4, 0.5) is 11.4 Å². The van der Waals surface area contributed by atoms with Crippen LogP contribution in [0.1, 0.15) is 27.2 Å². The van der Waals surface area contributed by atoms with Gasteiger partial charge in [-0.1, -0.05) is 13.5 Å². The molecule has 0 aliphatic rings. The number of aromatic hydroxyl groups is 1. The largest absolute Gasteiger partial charge is 0.508 e. The normalized spacial score (nSPS) is 8.57. The number of hydrogen-bond donors (Lipinski definition) is 2. The third kappa shape index (κ3) is 14.3. The number of carbonyl (C=O) groups is 1. The minimum Gasteiger partial charge on any atom is -0.508 e. The molecule has 2 aromatic carbocycles. The van der Waals surface area contributed by atoms with Crippen molar-refractivity contribution in [2.75, 3.05) is 7.05 Å². The first kappa shape index (κ1) is 28.4. The molecule has 0 aliphatic carbocycles. The number of Topliss-reactive ketones (excluding diaryl/α,β-unsaturated/α-hetero) is 1. The number of non-ortho nitro benzene ring substituents is 2. The Balaban J connectivity index is 0. The topological polar surface area (TPSA) is 159 Å². The van der Waals surface area contributed by atoms with Gasteiger partial charge in [0.1, 0.15) is 17.3 Å². The van der Waals surface area contributed by atoms with Gasteiger partial charge in [-0.2, -0.15) is 0 Å². The predicted octanol–water partition coefficient (Wildman–Crippen LogP) is 4.37. The summed E-state index contributed by atoms with van der Waals surface area (Å²) in [6.07, 6.45) is 0.667. The Morgan fingerprint density at radius 2 is 1.30 bits per heavy atom. The van der Waals surface area contributed by atoms with Crippen LogP contribution in [0.2, 0.25) is 0 Å². The molecule has 0 saturated heterocycles. The van der Waals surface area contributed by atoms with E-state index in [0.717, 1.165) is 0 Å². The lowest BCUT2D eigenvalue weighted by atomic mass is 10.3. The summed E-state index contributed by atoms with van der Waals surface area (Å²) < 4.78 is 5.13. The summed E-state index contributed by atoms with van der Waals surface area (Å²) in [6, 6.07) is 10.9. The van der Waals surface area contributed by atoms with E-state index in [-0.39, 0.29) is 22.9 Å². The van der Waals surface area contributed by atoms with Crippen LogP contribution >= 0.6 is 0 Å².